The zero-order chi connectivity index (χ0) is 11.7. The summed E-state index contributed by atoms with van der Waals surface area (Å²) >= 11 is 0. The van der Waals surface area contributed by atoms with Gasteiger partial charge in [-0.3, -0.25) is 0 Å². The van der Waals surface area contributed by atoms with Crippen molar-refractivity contribution in [1.82, 2.24) is 9.97 Å². The highest BCUT2D eigenvalue weighted by Crippen LogP contribution is 2.28. The SMILES string of the molecule is NCc1nccc(-c2coc3ccccc23)n1. The van der Waals surface area contributed by atoms with Crippen LogP contribution in [-0.4, -0.2) is 9.97 Å². The lowest BCUT2D eigenvalue weighted by Gasteiger charge is -1.99. The van der Waals surface area contributed by atoms with Crippen molar-refractivity contribution >= 4 is 11.0 Å². The Morgan fingerprint density at radius 2 is 2.06 bits per heavy atom. The predicted octanol–water partition coefficient (Wildman–Crippen LogP) is 2.35. The molecule has 2 heterocycles. The minimum absolute atomic E-state index is 0.337. The Morgan fingerprint density at radius 1 is 1.18 bits per heavy atom. The highest BCUT2D eigenvalue weighted by atomic mass is 16.3. The molecule has 0 amide bonds. The van der Waals surface area contributed by atoms with E-state index in [1.807, 2.05) is 30.3 Å². The fourth-order valence-corrected chi connectivity index (χ4v) is 1.82. The molecule has 4 nitrogen and oxygen atoms in total. The lowest BCUT2D eigenvalue weighted by Crippen LogP contribution is -2.02. The number of fused-ring (bicyclic) bond motifs is 1. The molecule has 0 atom stereocenters. The Bertz CT molecular complexity index is 660. The molecular formula is C13H11N3O. The summed E-state index contributed by atoms with van der Waals surface area (Å²) in [4.78, 5) is 8.47. The van der Waals surface area contributed by atoms with Gasteiger partial charge in [-0.05, 0) is 12.1 Å². The molecule has 0 fully saturated rings. The summed E-state index contributed by atoms with van der Waals surface area (Å²) in [6.07, 6.45) is 3.43. The van der Waals surface area contributed by atoms with Gasteiger partial charge in [0.2, 0.25) is 0 Å². The first-order valence-corrected chi connectivity index (χ1v) is 5.37. The first kappa shape index (κ1) is 9.99. The summed E-state index contributed by atoms with van der Waals surface area (Å²) in [5.41, 5.74) is 8.20. The van der Waals surface area contributed by atoms with Crippen molar-refractivity contribution in [2.45, 2.75) is 6.54 Å². The molecule has 0 aliphatic carbocycles. The third-order valence-electron chi connectivity index (χ3n) is 2.64. The molecule has 0 aliphatic rings. The van der Waals surface area contributed by atoms with Gasteiger partial charge in [0.15, 0.2) is 0 Å². The zero-order valence-electron chi connectivity index (χ0n) is 9.13. The number of nitrogens with zero attached hydrogens (tertiary/aromatic N) is 2. The van der Waals surface area contributed by atoms with E-state index in [1.165, 1.54) is 0 Å². The smallest absolute Gasteiger partial charge is 0.142 e. The van der Waals surface area contributed by atoms with Gasteiger partial charge in [-0.25, -0.2) is 9.97 Å². The van der Waals surface area contributed by atoms with Crippen molar-refractivity contribution in [1.29, 1.82) is 0 Å². The molecule has 1 aromatic carbocycles. The second-order valence-corrected chi connectivity index (χ2v) is 3.71. The largest absolute Gasteiger partial charge is 0.464 e. The van der Waals surface area contributed by atoms with Crippen LogP contribution in [-0.2, 0) is 6.54 Å². The van der Waals surface area contributed by atoms with Crippen molar-refractivity contribution < 1.29 is 4.42 Å². The summed E-state index contributed by atoms with van der Waals surface area (Å²) in [7, 11) is 0. The van der Waals surface area contributed by atoms with Crippen LogP contribution < -0.4 is 5.73 Å². The Hall–Kier alpha value is -2.20. The first-order valence-electron chi connectivity index (χ1n) is 5.37. The van der Waals surface area contributed by atoms with E-state index in [0.717, 1.165) is 22.2 Å². The maximum atomic E-state index is 5.54. The van der Waals surface area contributed by atoms with Gasteiger partial charge in [0.25, 0.3) is 0 Å². The fraction of sp³-hybridized carbons (Fsp3) is 0.0769. The summed E-state index contributed by atoms with van der Waals surface area (Å²) in [6.45, 7) is 0.337. The standard InChI is InChI=1S/C13H11N3O/c14-7-13-15-6-5-11(16-13)10-8-17-12-4-2-1-3-9(10)12/h1-6,8H,7,14H2. The average Bonchev–Trinajstić information content (AvgIpc) is 2.82. The molecule has 2 aromatic heterocycles. The van der Waals surface area contributed by atoms with Crippen LogP contribution >= 0.6 is 0 Å². The van der Waals surface area contributed by atoms with Crippen molar-refractivity contribution in [3.8, 4) is 11.3 Å². The van der Waals surface area contributed by atoms with E-state index in [9.17, 15) is 0 Å². The zero-order valence-corrected chi connectivity index (χ0v) is 9.13. The molecule has 0 aliphatic heterocycles. The molecule has 3 rings (SSSR count). The van der Waals surface area contributed by atoms with E-state index >= 15 is 0 Å². The monoisotopic (exact) mass is 225 g/mol. The number of aromatic nitrogens is 2. The lowest BCUT2D eigenvalue weighted by molar-refractivity contribution is 0.616. The molecule has 0 saturated heterocycles. The number of nitrogens with two attached hydrogens (primary N) is 1. The van der Waals surface area contributed by atoms with Crippen LogP contribution in [0.3, 0.4) is 0 Å². The number of benzene rings is 1. The van der Waals surface area contributed by atoms with E-state index in [-0.39, 0.29) is 0 Å². The van der Waals surface area contributed by atoms with E-state index in [2.05, 4.69) is 9.97 Å². The maximum absolute atomic E-state index is 5.54. The van der Waals surface area contributed by atoms with Crippen LogP contribution in [0.4, 0.5) is 0 Å². The van der Waals surface area contributed by atoms with Crippen molar-refractivity contribution in [3.63, 3.8) is 0 Å². The second kappa shape index (κ2) is 3.99. The van der Waals surface area contributed by atoms with Gasteiger partial charge in [-0.15, -0.1) is 0 Å². The Morgan fingerprint density at radius 3 is 2.94 bits per heavy atom. The molecule has 0 radical (unpaired) electrons. The normalized spacial score (nSPS) is 10.9. The number of rotatable bonds is 2. The number of hydrogen-bond acceptors (Lipinski definition) is 4. The average molecular weight is 225 g/mol. The van der Waals surface area contributed by atoms with Crippen LogP contribution in [0, 0.1) is 0 Å². The molecule has 0 bridgehead atoms. The first-order chi connectivity index (χ1) is 8.38. The summed E-state index contributed by atoms with van der Waals surface area (Å²) in [6, 6.07) is 9.73. The molecule has 84 valence electrons. The van der Waals surface area contributed by atoms with Crippen molar-refractivity contribution in [2.75, 3.05) is 0 Å². The van der Waals surface area contributed by atoms with Crippen LogP contribution in [0.25, 0.3) is 22.2 Å². The van der Waals surface area contributed by atoms with E-state index in [0.29, 0.717) is 12.4 Å². The Labute approximate surface area is 98.1 Å². The molecule has 17 heavy (non-hydrogen) atoms. The predicted molar refractivity (Wildman–Crippen MR) is 65.1 cm³/mol. The van der Waals surface area contributed by atoms with Gasteiger partial charge in [0, 0.05) is 17.1 Å². The van der Waals surface area contributed by atoms with Gasteiger partial charge in [-0.1, -0.05) is 18.2 Å². The van der Waals surface area contributed by atoms with Gasteiger partial charge in [0.1, 0.15) is 17.7 Å². The lowest BCUT2D eigenvalue weighted by atomic mass is 10.1. The van der Waals surface area contributed by atoms with Crippen molar-refractivity contribution in [3.05, 3.63) is 48.6 Å². The molecule has 0 unspecified atom stereocenters. The molecular weight excluding hydrogens is 214 g/mol. The van der Waals surface area contributed by atoms with Gasteiger partial charge >= 0.3 is 0 Å². The van der Waals surface area contributed by atoms with E-state index in [4.69, 9.17) is 10.2 Å². The number of hydrogen-bond donors (Lipinski definition) is 1. The van der Waals surface area contributed by atoms with Gasteiger partial charge in [0.05, 0.1) is 12.2 Å². The minimum Gasteiger partial charge on any atom is -0.464 e. The van der Waals surface area contributed by atoms with Gasteiger partial charge in [-0.2, -0.15) is 0 Å². The highest BCUT2D eigenvalue weighted by Gasteiger charge is 2.09. The number of furan rings is 1. The van der Waals surface area contributed by atoms with Crippen LogP contribution in [0.1, 0.15) is 5.82 Å². The maximum Gasteiger partial charge on any atom is 0.142 e. The minimum atomic E-state index is 0.337. The quantitative estimate of drug-likeness (QED) is 0.727. The molecule has 0 spiro atoms. The van der Waals surface area contributed by atoms with Gasteiger partial charge < -0.3 is 10.2 Å². The number of para-hydroxylation sites is 1. The van der Waals surface area contributed by atoms with Crippen LogP contribution in [0.5, 0.6) is 0 Å². The summed E-state index contributed by atoms with van der Waals surface area (Å²) < 4.78 is 5.49. The molecule has 2 N–H and O–H groups in total. The third kappa shape index (κ3) is 1.68. The van der Waals surface area contributed by atoms with E-state index in [1.54, 1.807) is 12.5 Å². The topological polar surface area (TPSA) is 64.9 Å². The van der Waals surface area contributed by atoms with Crippen LogP contribution in [0.15, 0.2) is 47.2 Å². The highest BCUT2D eigenvalue weighted by molar-refractivity contribution is 5.92. The molecule has 0 saturated carbocycles. The van der Waals surface area contributed by atoms with Crippen LogP contribution in [0.2, 0.25) is 0 Å². The summed E-state index contributed by atoms with van der Waals surface area (Å²) in [5, 5.41) is 1.05. The van der Waals surface area contributed by atoms with Crippen molar-refractivity contribution in [2.24, 2.45) is 5.73 Å². The Balaban J connectivity index is 2.20. The summed E-state index contributed by atoms with van der Waals surface area (Å²) in [5.74, 6) is 0.632. The second-order valence-electron chi connectivity index (χ2n) is 3.71. The fourth-order valence-electron chi connectivity index (χ4n) is 1.82. The Kier molecular flexibility index (Phi) is 2.34. The third-order valence-corrected chi connectivity index (χ3v) is 2.64. The molecule has 3 aromatic rings. The molecule has 4 heteroatoms. The van der Waals surface area contributed by atoms with E-state index < -0.39 is 0 Å².